The first-order valence-corrected chi connectivity index (χ1v) is 17.3. The van der Waals surface area contributed by atoms with Crippen molar-refractivity contribution in [3.8, 4) is 56.4 Å². The third kappa shape index (κ3) is 5.44. The molecule has 0 bridgehead atoms. The van der Waals surface area contributed by atoms with Crippen molar-refractivity contribution in [1.82, 2.24) is 0 Å². The first-order valence-electron chi connectivity index (χ1n) is 17.3. The Bertz CT molecular complexity index is 1810. The Morgan fingerprint density at radius 1 is 0.587 bits per heavy atom. The smallest absolute Gasteiger partial charge is 0.140 e. The normalized spacial score (nSPS) is 15.2. The third-order valence-electron chi connectivity index (χ3n) is 9.95. The molecule has 4 heteroatoms. The molecule has 0 radical (unpaired) electrons. The second-order valence-corrected chi connectivity index (χ2v) is 14.5. The van der Waals surface area contributed by atoms with E-state index in [0.29, 0.717) is 11.3 Å². The Labute approximate surface area is 275 Å². The van der Waals surface area contributed by atoms with Crippen molar-refractivity contribution in [3.05, 3.63) is 81.9 Å². The summed E-state index contributed by atoms with van der Waals surface area (Å²) in [4.78, 5) is 0. The molecule has 6 rings (SSSR count). The van der Waals surface area contributed by atoms with Gasteiger partial charge < -0.3 is 19.7 Å². The van der Waals surface area contributed by atoms with E-state index in [2.05, 4.69) is 97.9 Å². The molecule has 0 atom stereocenters. The Kier molecular flexibility index (Phi) is 8.38. The van der Waals surface area contributed by atoms with Crippen molar-refractivity contribution in [3.63, 3.8) is 0 Å². The van der Waals surface area contributed by atoms with Gasteiger partial charge in [0.1, 0.15) is 34.2 Å². The van der Waals surface area contributed by atoms with Crippen molar-refractivity contribution < 1.29 is 19.7 Å². The Morgan fingerprint density at radius 2 is 1.11 bits per heavy atom. The van der Waals surface area contributed by atoms with Gasteiger partial charge >= 0.3 is 0 Å². The molecule has 0 saturated carbocycles. The van der Waals surface area contributed by atoms with Gasteiger partial charge in [0.25, 0.3) is 0 Å². The van der Waals surface area contributed by atoms with E-state index >= 15 is 0 Å². The van der Waals surface area contributed by atoms with Crippen LogP contribution in [0.4, 0.5) is 0 Å². The average Bonchev–Trinajstić information content (AvgIpc) is 2.97. The van der Waals surface area contributed by atoms with E-state index in [9.17, 15) is 10.2 Å². The standard InChI is InChI=1S/C42H50O4/c1-9-11-13-15-27-23-33(43)37-29-21-25(3)17-19-31(29)42(7,8)46-40(37)36(27)35-28(16-14-12-10-2)24-34-38(39(35)44)30-22-26(4)18-20-32(30)41(5,6)45-34/h17-24,43-44H,9-16H2,1-8H3. The van der Waals surface area contributed by atoms with Gasteiger partial charge in [0, 0.05) is 22.3 Å². The van der Waals surface area contributed by atoms with Crippen LogP contribution in [0.25, 0.3) is 33.4 Å². The zero-order valence-electron chi connectivity index (χ0n) is 29.0. The number of hydrogen-bond acceptors (Lipinski definition) is 4. The maximum absolute atomic E-state index is 12.7. The second-order valence-electron chi connectivity index (χ2n) is 14.5. The fourth-order valence-corrected chi connectivity index (χ4v) is 7.59. The van der Waals surface area contributed by atoms with Crippen LogP contribution in [0.2, 0.25) is 0 Å². The van der Waals surface area contributed by atoms with E-state index in [1.165, 1.54) is 0 Å². The molecule has 2 heterocycles. The Morgan fingerprint density at radius 3 is 1.67 bits per heavy atom. The average molecular weight is 619 g/mol. The van der Waals surface area contributed by atoms with E-state index in [1.54, 1.807) is 0 Å². The first-order chi connectivity index (χ1) is 21.9. The number of unbranched alkanes of at least 4 members (excludes halogenated alkanes) is 4. The lowest BCUT2D eigenvalue weighted by Crippen LogP contribution is -2.30. The van der Waals surface area contributed by atoms with Crippen molar-refractivity contribution in [2.45, 2.75) is 118 Å². The highest BCUT2D eigenvalue weighted by Crippen LogP contribution is 2.59. The summed E-state index contributed by atoms with van der Waals surface area (Å²) in [5.74, 6) is 1.83. The molecular weight excluding hydrogens is 568 g/mol. The zero-order chi connectivity index (χ0) is 33.0. The van der Waals surface area contributed by atoms with Gasteiger partial charge in [0.15, 0.2) is 0 Å². The molecule has 4 nitrogen and oxygen atoms in total. The molecule has 4 aromatic carbocycles. The van der Waals surface area contributed by atoms with Gasteiger partial charge in [-0.1, -0.05) is 87.1 Å². The lowest BCUT2D eigenvalue weighted by atomic mass is 9.78. The van der Waals surface area contributed by atoms with Gasteiger partial charge in [-0.25, -0.2) is 0 Å². The van der Waals surface area contributed by atoms with Crippen LogP contribution >= 0.6 is 0 Å². The predicted octanol–water partition coefficient (Wildman–Crippen LogP) is 11.4. The van der Waals surface area contributed by atoms with Crippen LogP contribution in [0, 0.1) is 13.8 Å². The Hall–Kier alpha value is -3.92. The van der Waals surface area contributed by atoms with E-state index in [0.717, 1.165) is 118 Å². The molecule has 0 amide bonds. The molecule has 46 heavy (non-hydrogen) atoms. The molecule has 2 aliphatic rings. The van der Waals surface area contributed by atoms with Crippen LogP contribution in [0.15, 0.2) is 48.5 Å². The SMILES string of the molecule is CCCCCc1cc2c(c(O)c1-c1c(CCCCC)cc(O)c3c1OC(C)(C)c1ccc(C)cc1-3)-c1cc(C)ccc1C(C)(C)O2. The monoisotopic (exact) mass is 618 g/mol. The van der Waals surface area contributed by atoms with Crippen LogP contribution in [0.1, 0.15) is 113 Å². The van der Waals surface area contributed by atoms with E-state index in [-0.39, 0.29) is 11.5 Å². The molecule has 0 spiro atoms. The van der Waals surface area contributed by atoms with Crippen molar-refractivity contribution in [2.75, 3.05) is 0 Å². The number of ether oxygens (including phenoxy) is 2. The number of rotatable bonds is 9. The fraction of sp³-hybridized carbons (Fsp3) is 0.429. The predicted molar refractivity (Wildman–Crippen MR) is 189 cm³/mol. The van der Waals surface area contributed by atoms with Crippen LogP contribution in [-0.2, 0) is 24.0 Å². The topological polar surface area (TPSA) is 58.9 Å². The van der Waals surface area contributed by atoms with Gasteiger partial charge in [0.05, 0.1) is 11.1 Å². The van der Waals surface area contributed by atoms with Crippen molar-refractivity contribution in [2.24, 2.45) is 0 Å². The lowest BCUT2D eigenvalue weighted by molar-refractivity contribution is 0.104. The number of benzene rings is 4. The van der Waals surface area contributed by atoms with Gasteiger partial charge in [-0.15, -0.1) is 0 Å². The molecular formula is C42H50O4. The van der Waals surface area contributed by atoms with Crippen LogP contribution in [0.5, 0.6) is 23.0 Å². The minimum Gasteiger partial charge on any atom is -0.507 e. The molecule has 242 valence electrons. The molecule has 0 aromatic heterocycles. The van der Waals surface area contributed by atoms with E-state index in [1.807, 2.05) is 6.07 Å². The summed E-state index contributed by atoms with van der Waals surface area (Å²) in [6.07, 6.45) is 7.94. The first kappa shape index (κ1) is 32.0. The van der Waals surface area contributed by atoms with Crippen molar-refractivity contribution >= 4 is 0 Å². The number of fused-ring (bicyclic) bond motifs is 6. The summed E-state index contributed by atoms with van der Waals surface area (Å²) < 4.78 is 13.7. The third-order valence-corrected chi connectivity index (χ3v) is 9.95. The van der Waals surface area contributed by atoms with Gasteiger partial charge in [-0.2, -0.15) is 0 Å². The largest absolute Gasteiger partial charge is 0.507 e. The van der Waals surface area contributed by atoms with Gasteiger partial charge in [-0.05, 0) is 102 Å². The molecule has 0 aliphatic carbocycles. The highest BCUT2D eigenvalue weighted by Gasteiger charge is 2.40. The second kappa shape index (κ2) is 12.0. The minimum atomic E-state index is -0.637. The highest BCUT2D eigenvalue weighted by atomic mass is 16.5. The molecule has 0 saturated heterocycles. The number of hydrogen-bond donors (Lipinski definition) is 2. The molecule has 0 fully saturated rings. The van der Waals surface area contributed by atoms with E-state index in [4.69, 9.17) is 9.47 Å². The quantitative estimate of drug-likeness (QED) is 0.183. The zero-order valence-corrected chi connectivity index (χ0v) is 29.0. The lowest BCUT2D eigenvalue weighted by Gasteiger charge is -2.38. The summed E-state index contributed by atoms with van der Waals surface area (Å²) in [5.41, 5.74) is 10.4. The number of aromatic hydroxyl groups is 2. The molecule has 0 unspecified atom stereocenters. The summed E-state index contributed by atoms with van der Waals surface area (Å²) >= 11 is 0. The number of phenolic OH excluding ortho intramolecular Hbond substituents is 2. The Balaban J connectivity index is 1.72. The van der Waals surface area contributed by atoms with Gasteiger partial charge in [0.2, 0.25) is 0 Å². The summed E-state index contributed by atoms with van der Waals surface area (Å²) in [6.45, 7) is 17.0. The minimum absolute atomic E-state index is 0.226. The summed E-state index contributed by atoms with van der Waals surface area (Å²) in [7, 11) is 0. The van der Waals surface area contributed by atoms with Crippen LogP contribution in [-0.4, -0.2) is 10.2 Å². The summed E-state index contributed by atoms with van der Waals surface area (Å²) in [6, 6.07) is 16.9. The summed E-state index contributed by atoms with van der Waals surface area (Å²) in [5, 5.41) is 24.4. The van der Waals surface area contributed by atoms with E-state index < -0.39 is 11.2 Å². The fourth-order valence-electron chi connectivity index (χ4n) is 7.59. The maximum atomic E-state index is 12.7. The number of aryl methyl sites for hydroxylation is 4. The van der Waals surface area contributed by atoms with Gasteiger partial charge in [-0.3, -0.25) is 0 Å². The maximum Gasteiger partial charge on any atom is 0.140 e. The van der Waals surface area contributed by atoms with Crippen molar-refractivity contribution in [1.29, 1.82) is 0 Å². The molecule has 2 N–H and O–H groups in total. The number of phenols is 2. The van der Waals surface area contributed by atoms with Crippen LogP contribution < -0.4 is 9.47 Å². The highest BCUT2D eigenvalue weighted by molar-refractivity contribution is 5.97. The van der Waals surface area contributed by atoms with Crippen LogP contribution in [0.3, 0.4) is 0 Å². The molecule has 4 aromatic rings. The molecule has 2 aliphatic heterocycles.